The van der Waals surface area contributed by atoms with Gasteiger partial charge in [0.15, 0.2) is 11.5 Å². The highest BCUT2D eigenvalue weighted by Gasteiger charge is 2.14. The number of nitrogens with one attached hydrogen (secondary N) is 2. The molecule has 3 rings (SSSR count). The molecule has 0 fully saturated rings. The maximum absolute atomic E-state index is 12.4. The number of nitrogens with two attached hydrogens (primary N) is 1. The summed E-state index contributed by atoms with van der Waals surface area (Å²) in [5.41, 5.74) is 5.30. The van der Waals surface area contributed by atoms with Crippen LogP contribution >= 0.6 is 0 Å². The first-order chi connectivity index (χ1) is 14.5. The molecule has 0 radical (unpaired) electrons. The molecule has 0 spiro atoms. The van der Waals surface area contributed by atoms with E-state index in [0.29, 0.717) is 11.5 Å². The number of carbonyl (C=O) groups is 3. The van der Waals surface area contributed by atoms with Gasteiger partial charge in [0, 0.05) is 24.8 Å². The van der Waals surface area contributed by atoms with Crippen molar-refractivity contribution in [2.75, 3.05) is 0 Å². The molecule has 1 aromatic heterocycles. The highest BCUT2D eigenvalue weighted by atomic mass is 16.6. The largest absolute Gasteiger partial charge is 0.457 e. The molecule has 0 aliphatic carbocycles. The fraction of sp³-hybridized carbons (Fsp3) is 0.0476. The number of benzene rings is 2. The Morgan fingerprint density at radius 2 is 1.63 bits per heavy atom. The first-order valence-corrected chi connectivity index (χ1v) is 8.79. The summed E-state index contributed by atoms with van der Waals surface area (Å²) in [5.74, 6) is 4.74. The molecule has 4 N–H and O–H groups in total. The SMILES string of the molecule is CC(=O)c1cc(Oc2cccc(C(=O)NNC(=O)c3ccccc3ON)c2)ccn1. The van der Waals surface area contributed by atoms with E-state index in [0.717, 1.165) is 0 Å². The zero-order valence-corrected chi connectivity index (χ0v) is 15.9. The number of Topliss-reactive ketones (excluding diaryl/α,β-unsaturated/α-hetero) is 1. The molecule has 0 atom stereocenters. The Morgan fingerprint density at radius 3 is 2.40 bits per heavy atom. The summed E-state index contributed by atoms with van der Waals surface area (Å²) >= 11 is 0. The van der Waals surface area contributed by atoms with E-state index < -0.39 is 11.8 Å². The second-order valence-corrected chi connectivity index (χ2v) is 6.09. The van der Waals surface area contributed by atoms with E-state index in [1.54, 1.807) is 36.4 Å². The minimum atomic E-state index is -0.592. The summed E-state index contributed by atoms with van der Waals surface area (Å²) in [6.07, 6.45) is 1.46. The second kappa shape index (κ2) is 9.30. The molecule has 3 aromatic rings. The molecule has 30 heavy (non-hydrogen) atoms. The van der Waals surface area contributed by atoms with Crippen molar-refractivity contribution in [1.82, 2.24) is 15.8 Å². The molecule has 2 aromatic carbocycles. The van der Waals surface area contributed by atoms with Crippen LogP contribution in [0.4, 0.5) is 0 Å². The molecular formula is C21H18N4O5. The van der Waals surface area contributed by atoms with Crippen LogP contribution in [-0.2, 0) is 0 Å². The van der Waals surface area contributed by atoms with Crippen LogP contribution in [0.5, 0.6) is 17.2 Å². The number of hydrogen-bond donors (Lipinski definition) is 3. The van der Waals surface area contributed by atoms with Gasteiger partial charge in [0.05, 0.1) is 5.56 Å². The Bertz CT molecular complexity index is 1100. The van der Waals surface area contributed by atoms with Gasteiger partial charge in [0.25, 0.3) is 11.8 Å². The Balaban J connectivity index is 1.66. The number of para-hydroxylation sites is 1. The number of hydrogen-bond acceptors (Lipinski definition) is 7. The van der Waals surface area contributed by atoms with E-state index in [1.807, 2.05) is 0 Å². The molecule has 0 aliphatic rings. The molecule has 0 aliphatic heterocycles. The first kappa shape index (κ1) is 20.5. The van der Waals surface area contributed by atoms with Crippen molar-refractivity contribution in [3.63, 3.8) is 0 Å². The third kappa shape index (κ3) is 4.97. The molecule has 9 nitrogen and oxygen atoms in total. The summed E-state index contributed by atoms with van der Waals surface area (Å²) in [7, 11) is 0. The van der Waals surface area contributed by atoms with E-state index in [9.17, 15) is 14.4 Å². The number of pyridine rings is 1. The average molecular weight is 406 g/mol. The number of ketones is 1. The van der Waals surface area contributed by atoms with Crippen molar-refractivity contribution in [1.29, 1.82) is 0 Å². The minimum Gasteiger partial charge on any atom is -0.457 e. The van der Waals surface area contributed by atoms with Gasteiger partial charge in [0.1, 0.15) is 17.2 Å². The summed E-state index contributed by atoms with van der Waals surface area (Å²) in [6, 6.07) is 15.7. The molecule has 0 saturated heterocycles. The lowest BCUT2D eigenvalue weighted by Crippen LogP contribution is -2.41. The first-order valence-electron chi connectivity index (χ1n) is 8.79. The zero-order chi connectivity index (χ0) is 21.5. The van der Waals surface area contributed by atoms with Gasteiger partial charge in [-0.2, -0.15) is 5.90 Å². The number of amides is 2. The summed E-state index contributed by atoms with van der Waals surface area (Å²) < 4.78 is 5.70. The summed E-state index contributed by atoms with van der Waals surface area (Å²) in [6.45, 7) is 1.41. The lowest BCUT2D eigenvalue weighted by molar-refractivity contribution is 0.0844. The van der Waals surface area contributed by atoms with Gasteiger partial charge in [-0.3, -0.25) is 30.2 Å². The van der Waals surface area contributed by atoms with Crippen LogP contribution in [0.25, 0.3) is 0 Å². The molecule has 1 heterocycles. The van der Waals surface area contributed by atoms with Gasteiger partial charge < -0.3 is 9.57 Å². The zero-order valence-electron chi connectivity index (χ0n) is 15.9. The maximum atomic E-state index is 12.4. The Kier molecular flexibility index (Phi) is 6.36. The lowest BCUT2D eigenvalue weighted by atomic mass is 10.2. The monoisotopic (exact) mass is 406 g/mol. The highest BCUT2D eigenvalue weighted by molar-refractivity contribution is 6.00. The van der Waals surface area contributed by atoms with Crippen LogP contribution in [0.1, 0.15) is 38.1 Å². The number of nitrogens with zero attached hydrogens (tertiary/aromatic N) is 1. The molecule has 0 bridgehead atoms. The third-order valence-corrected chi connectivity index (χ3v) is 3.97. The predicted molar refractivity (Wildman–Crippen MR) is 107 cm³/mol. The van der Waals surface area contributed by atoms with Crippen molar-refractivity contribution in [3.8, 4) is 17.2 Å². The lowest BCUT2D eigenvalue weighted by Gasteiger charge is -2.11. The van der Waals surface area contributed by atoms with E-state index >= 15 is 0 Å². The van der Waals surface area contributed by atoms with Crippen LogP contribution in [0, 0.1) is 0 Å². The fourth-order valence-electron chi connectivity index (χ4n) is 2.51. The van der Waals surface area contributed by atoms with Crippen molar-refractivity contribution < 1.29 is 24.0 Å². The van der Waals surface area contributed by atoms with Gasteiger partial charge in [-0.15, -0.1) is 0 Å². The van der Waals surface area contributed by atoms with Crippen molar-refractivity contribution in [2.24, 2.45) is 5.90 Å². The third-order valence-electron chi connectivity index (χ3n) is 3.97. The van der Waals surface area contributed by atoms with E-state index in [2.05, 4.69) is 20.7 Å². The molecule has 9 heteroatoms. The van der Waals surface area contributed by atoms with Crippen LogP contribution in [0.15, 0.2) is 66.9 Å². The predicted octanol–water partition coefficient (Wildman–Crippen LogP) is 2.40. The number of rotatable bonds is 6. The number of aromatic nitrogens is 1. The highest BCUT2D eigenvalue weighted by Crippen LogP contribution is 2.22. The molecule has 0 unspecified atom stereocenters. The average Bonchev–Trinajstić information content (AvgIpc) is 2.77. The quantitative estimate of drug-likeness (QED) is 0.423. The number of carbonyl (C=O) groups excluding carboxylic acids is 3. The molecule has 0 saturated carbocycles. The van der Waals surface area contributed by atoms with Crippen molar-refractivity contribution >= 4 is 17.6 Å². The summed E-state index contributed by atoms with van der Waals surface area (Å²) in [5, 5.41) is 0. The van der Waals surface area contributed by atoms with Crippen LogP contribution in [-0.4, -0.2) is 22.6 Å². The van der Waals surface area contributed by atoms with Crippen LogP contribution < -0.4 is 26.3 Å². The smallest absolute Gasteiger partial charge is 0.273 e. The Hall–Kier alpha value is -4.24. The van der Waals surface area contributed by atoms with Crippen LogP contribution in [0.2, 0.25) is 0 Å². The normalized spacial score (nSPS) is 10.1. The second-order valence-electron chi connectivity index (χ2n) is 6.09. The number of ether oxygens (including phenoxy) is 1. The molecule has 152 valence electrons. The van der Waals surface area contributed by atoms with Gasteiger partial charge in [-0.05, 0) is 36.4 Å². The summed E-state index contributed by atoms with van der Waals surface area (Å²) in [4.78, 5) is 44.7. The maximum Gasteiger partial charge on any atom is 0.273 e. The van der Waals surface area contributed by atoms with Gasteiger partial charge in [0.2, 0.25) is 0 Å². The van der Waals surface area contributed by atoms with E-state index in [-0.39, 0.29) is 28.4 Å². The topological polar surface area (TPSA) is 133 Å². The van der Waals surface area contributed by atoms with Crippen LogP contribution in [0.3, 0.4) is 0 Å². The van der Waals surface area contributed by atoms with E-state index in [1.165, 1.54) is 37.4 Å². The molecule has 2 amide bonds. The standard InChI is InChI=1S/C21H18N4O5/c1-13(26)18-12-16(9-10-23-18)29-15-6-4-5-14(11-15)20(27)24-25-21(28)17-7-2-3-8-19(17)30-22/h2-12H,22H2,1H3,(H,24,27)(H,25,28). The fourth-order valence-corrected chi connectivity index (χ4v) is 2.51. The van der Waals surface area contributed by atoms with Crippen molar-refractivity contribution in [2.45, 2.75) is 6.92 Å². The molecular weight excluding hydrogens is 388 g/mol. The minimum absolute atomic E-state index is 0.163. The van der Waals surface area contributed by atoms with Gasteiger partial charge in [-0.1, -0.05) is 18.2 Å². The van der Waals surface area contributed by atoms with E-state index in [4.69, 9.17) is 10.6 Å². The Morgan fingerprint density at radius 1 is 0.900 bits per heavy atom. The Labute approximate surface area is 171 Å². The van der Waals surface area contributed by atoms with Gasteiger partial charge >= 0.3 is 0 Å². The van der Waals surface area contributed by atoms with Crippen molar-refractivity contribution in [3.05, 3.63) is 83.7 Å². The van der Waals surface area contributed by atoms with Gasteiger partial charge in [-0.25, -0.2) is 0 Å². The number of hydrazine groups is 1.